The zero-order chi connectivity index (χ0) is 14.9. The highest BCUT2D eigenvalue weighted by Crippen LogP contribution is 2.15. The minimum absolute atomic E-state index is 0.0179. The minimum atomic E-state index is -3.16. The third-order valence-electron chi connectivity index (χ3n) is 3.61. The average Bonchev–Trinajstić information content (AvgIpc) is 2.37. The Morgan fingerprint density at radius 2 is 1.70 bits per heavy atom. The van der Waals surface area contributed by atoms with Crippen LogP contribution in [0.15, 0.2) is 18.2 Å². The van der Waals surface area contributed by atoms with Gasteiger partial charge in [-0.3, -0.25) is 4.79 Å². The van der Waals surface area contributed by atoms with E-state index < -0.39 is 10.0 Å². The van der Waals surface area contributed by atoms with E-state index in [2.05, 4.69) is 0 Å². The summed E-state index contributed by atoms with van der Waals surface area (Å²) in [5, 5.41) is 0. The zero-order valence-electron chi connectivity index (χ0n) is 12.1. The monoisotopic (exact) mass is 296 g/mol. The summed E-state index contributed by atoms with van der Waals surface area (Å²) < 4.78 is 24.3. The summed E-state index contributed by atoms with van der Waals surface area (Å²) in [6.07, 6.45) is 1.20. The molecule has 0 spiro atoms. The highest BCUT2D eigenvalue weighted by Gasteiger charge is 2.27. The van der Waals surface area contributed by atoms with E-state index in [0.717, 1.165) is 11.1 Å². The van der Waals surface area contributed by atoms with Crippen molar-refractivity contribution in [3.63, 3.8) is 0 Å². The Kier molecular flexibility index (Phi) is 4.15. The molecule has 0 aliphatic carbocycles. The number of aryl methyl sites for hydroxylation is 2. The third-order valence-corrected chi connectivity index (χ3v) is 4.91. The first-order valence-electron chi connectivity index (χ1n) is 6.60. The molecule has 0 unspecified atom stereocenters. The Morgan fingerprint density at radius 1 is 1.10 bits per heavy atom. The van der Waals surface area contributed by atoms with Crippen molar-refractivity contribution in [1.82, 2.24) is 9.21 Å². The fraction of sp³-hybridized carbons (Fsp3) is 0.500. The second-order valence-corrected chi connectivity index (χ2v) is 7.26. The summed E-state index contributed by atoms with van der Waals surface area (Å²) in [6, 6.07) is 5.75. The number of nitrogens with zero attached hydrogens (tertiary/aromatic N) is 2. The first-order chi connectivity index (χ1) is 9.29. The molecule has 5 nitrogen and oxygen atoms in total. The highest BCUT2D eigenvalue weighted by atomic mass is 32.2. The minimum Gasteiger partial charge on any atom is -0.336 e. The predicted octanol–water partition coefficient (Wildman–Crippen LogP) is 1.02. The van der Waals surface area contributed by atoms with Crippen molar-refractivity contribution in [2.45, 2.75) is 13.8 Å². The van der Waals surface area contributed by atoms with Crippen LogP contribution in [0.1, 0.15) is 21.5 Å². The first kappa shape index (κ1) is 15.0. The maximum atomic E-state index is 12.4. The van der Waals surface area contributed by atoms with E-state index in [9.17, 15) is 13.2 Å². The van der Waals surface area contributed by atoms with Gasteiger partial charge in [-0.15, -0.1) is 0 Å². The number of sulfonamides is 1. The van der Waals surface area contributed by atoms with Crippen LogP contribution in [0.3, 0.4) is 0 Å². The van der Waals surface area contributed by atoms with Gasteiger partial charge in [-0.2, -0.15) is 4.31 Å². The van der Waals surface area contributed by atoms with E-state index in [1.807, 2.05) is 32.0 Å². The number of carbonyl (C=O) groups is 1. The lowest BCUT2D eigenvalue weighted by atomic mass is 10.0. The van der Waals surface area contributed by atoms with Crippen LogP contribution in [0.5, 0.6) is 0 Å². The van der Waals surface area contributed by atoms with Crippen LogP contribution < -0.4 is 0 Å². The van der Waals surface area contributed by atoms with Crippen LogP contribution >= 0.6 is 0 Å². The standard InChI is InChI=1S/C14H20N2O3S/c1-11-4-5-13(12(2)10-11)14(17)15-6-8-16(9-7-15)20(3,18)19/h4-5,10H,6-9H2,1-3H3. The molecule has 20 heavy (non-hydrogen) atoms. The summed E-state index contributed by atoms with van der Waals surface area (Å²) in [5.41, 5.74) is 2.78. The molecular weight excluding hydrogens is 276 g/mol. The van der Waals surface area contributed by atoms with Crippen molar-refractivity contribution in [2.75, 3.05) is 32.4 Å². The Labute approximate surface area is 120 Å². The largest absolute Gasteiger partial charge is 0.336 e. The number of benzene rings is 1. The van der Waals surface area contributed by atoms with Gasteiger partial charge in [-0.25, -0.2) is 8.42 Å². The fourth-order valence-corrected chi connectivity index (χ4v) is 3.27. The summed E-state index contributed by atoms with van der Waals surface area (Å²) in [4.78, 5) is 14.2. The van der Waals surface area contributed by atoms with Crippen molar-refractivity contribution < 1.29 is 13.2 Å². The molecule has 0 aromatic heterocycles. The number of piperazine rings is 1. The van der Waals surface area contributed by atoms with Gasteiger partial charge in [0, 0.05) is 31.7 Å². The molecule has 1 aliphatic heterocycles. The molecule has 110 valence electrons. The average molecular weight is 296 g/mol. The van der Waals surface area contributed by atoms with Gasteiger partial charge in [0.05, 0.1) is 6.26 Å². The second kappa shape index (κ2) is 5.54. The van der Waals surface area contributed by atoms with Gasteiger partial charge >= 0.3 is 0 Å². The molecule has 0 atom stereocenters. The topological polar surface area (TPSA) is 57.7 Å². The van der Waals surface area contributed by atoms with E-state index in [4.69, 9.17) is 0 Å². The molecule has 6 heteroatoms. The third kappa shape index (κ3) is 3.19. The van der Waals surface area contributed by atoms with Crippen LogP contribution in [0.2, 0.25) is 0 Å². The Morgan fingerprint density at radius 3 is 2.20 bits per heavy atom. The molecule has 2 rings (SSSR count). The van der Waals surface area contributed by atoms with Crippen molar-refractivity contribution in [1.29, 1.82) is 0 Å². The smallest absolute Gasteiger partial charge is 0.254 e. The molecule has 1 aromatic rings. The van der Waals surface area contributed by atoms with Crippen molar-refractivity contribution in [2.24, 2.45) is 0 Å². The van der Waals surface area contributed by atoms with Gasteiger partial charge < -0.3 is 4.90 Å². The summed E-state index contributed by atoms with van der Waals surface area (Å²) >= 11 is 0. The number of hydrogen-bond acceptors (Lipinski definition) is 3. The summed E-state index contributed by atoms with van der Waals surface area (Å²) in [7, 11) is -3.16. The van der Waals surface area contributed by atoms with Crippen molar-refractivity contribution in [3.8, 4) is 0 Å². The van der Waals surface area contributed by atoms with Crippen molar-refractivity contribution in [3.05, 3.63) is 34.9 Å². The Hall–Kier alpha value is -1.40. The fourth-order valence-electron chi connectivity index (χ4n) is 2.45. The number of carbonyl (C=O) groups excluding carboxylic acids is 1. The van der Waals surface area contributed by atoms with Gasteiger partial charge in [0.15, 0.2) is 0 Å². The van der Waals surface area contributed by atoms with Crippen molar-refractivity contribution >= 4 is 15.9 Å². The van der Waals surface area contributed by atoms with Crippen LogP contribution in [0.4, 0.5) is 0 Å². The molecule has 1 amide bonds. The first-order valence-corrected chi connectivity index (χ1v) is 8.45. The van der Waals surface area contributed by atoms with E-state index in [1.165, 1.54) is 10.6 Å². The highest BCUT2D eigenvalue weighted by molar-refractivity contribution is 7.88. The Bertz CT molecular complexity index is 617. The van der Waals surface area contributed by atoms with E-state index >= 15 is 0 Å². The van der Waals surface area contributed by atoms with Gasteiger partial charge in [0.25, 0.3) is 5.91 Å². The van der Waals surface area contributed by atoms with Crippen LogP contribution in [-0.2, 0) is 10.0 Å². The van der Waals surface area contributed by atoms with Gasteiger partial charge in [-0.05, 0) is 25.5 Å². The van der Waals surface area contributed by atoms with E-state index in [-0.39, 0.29) is 5.91 Å². The summed E-state index contributed by atoms with van der Waals surface area (Å²) in [5.74, 6) is -0.0179. The van der Waals surface area contributed by atoms with Gasteiger partial charge in [0.1, 0.15) is 0 Å². The van der Waals surface area contributed by atoms with Gasteiger partial charge in [-0.1, -0.05) is 17.7 Å². The van der Waals surface area contributed by atoms with Gasteiger partial charge in [0.2, 0.25) is 10.0 Å². The SMILES string of the molecule is Cc1ccc(C(=O)N2CCN(S(C)(=O)=O)CC2)c(C)c1. The molecule has 1 fully saturated rings. The summed E-state index contributed by atoms with van der Waals surface area (Å²) in [6.45, 7) is 5.54. The predicted molar refractivity (Wildman–Crippen MR) is 78.2 cm³/mol. The van der Waals surface area contributed by atoms with Crippen LogP contribution in [-0.4, -0.2) is 56.0 Å². The normalized spacial score (nSPS) is 17.2. The van der Waals surface area contributed by atoms with E-state index in [0.29, 0.717) is 31.7 Å². The zero-order valence-corrected chi connectivity index (χ0v) is 12.9. The molecule has 1 aliphatic rings. The lowest BCUT2D eigenvalue weighted by Gasteiger charge is -2.33. The lowest BCUT2D eigenvalue weighted by molar-refractivity contribution is 0.0697. The molecule has 1 heterocycles. The molecule has 0 bridgehead atoms. The number of amides is 1. The quantitative estimate of drug-likeness (QED) is 0.819. The number of hydrogen-bond donors (Lipinski definition) is 0. The maximum Gasteiger partial charge on any atom is 0.254 e. The molecule has 0 saturated carbocycles. The number of rotatable bonds is 2. The molecule has 0 radical (unpaired) electrons. The Balaban J connectivity index is 2.09. The second-order valence-electron chi connectivity index (χ2n) is 5.27. The lowest BCUT2D eigenvalue weighted by Crippen LogP contribution is -2.50. The molecular formula is C14H20N2O3S. The molecule has 0 N–H and O–H groups in total. The van der Waals surface area contributed by atoms with E-state index in [1.54, 1.807) is 4.90 Å². The van der Waals surface area contributed by atoms with Crippen LogP contribution in [0, 0.1) is 13.8 Å². The molecule has 1 saturated heterocycles. The van der Waals surface area contributed by atoms with Crippen LogP contribution in [0.25, 0.3) is 0 Å². The molecule has 1 aromatic carbocycles. The maximum absolute atomic E-state index is 12.4.